The number of benzene rings is 1. The first-order valence-electron chi connectivity index (χ1n) is 7.55. The molecule has 1 N–H and O–H groups in total. The number of aliphatic carboxylic acids is 1. The zero-order valence-corrected chi connectivity index (χ0v) is 13.2. The minimum atomic E-state index is -0.634. The van der Waals surface area contributed by atoms with Gasteiger partial charge in [-0.1, -0.05) is 25.1 Å². The van der Waals surface area contributed by atoms with Crippen molar-refractivity contribution in [2.24, 2.45) is 5.41 Å². The van der Waals surface area contributed by atoms with E-state index in [0.29, 0.717) is 13.0 Å². The number of likely N-dealkylation sites (tertiary alicyclic amines) is 1. The molecule has 0 saturated carbocycles. The Morgan fingerprint density at radius 2 is 2.24 bits per heavy atom. The zero-order valence-electron chi connectivity index (χ0n) is 12.3. The van der Waals surface area contributed by atoms with Crippen LogP contribution in [-0.4, -0.2) is 29.1 Å². The minimum Gasteiger partial charge on any atom is -0.481 e. The third-order valence-electron chi connectivity index (χ3n) is 4.74. The van der Waals surface area contributed by atoms with Crippen molar-refractivity contribution < 1.29 is 9.90 Å². The van der Waals surface area contributed by atoms with Gasteiger partial charge in [-0.05, 0) is 48.2 Å². The molecular weight excluding hydrogens is 282 g/mol. The Labute approximate surface area is 129 Å². The number of hydrogen-bond acceptors (Lipinski definition) is 3. The average Bonchev–Trinajstić information content (AvgIpc) is 2.90. The van der Waals surface area contributed by atoms with Crippen LogP contribution in [0.3, 0.4) is 0 Å². The largest absolute Gasteiger partial charge is 0.481 e. The molecular formula is C17H21NO2S. The molecule has 1 fully saturated rings. The number of carboxylic acid groups (broad SMARTS) is 1. The van der Waals surface area contributed by atoms with Crippen molar-refractivity contribution in [2.75, 3.05) is 13.1 Å². The first kappa shape index (κ1) is 14.5. The van der Waals surface area contributed by atoms with Crippen LogP contribution in [0.25, 0.3) is 10.1 Å². The highest BCUT2D eigenvalue weighted by Crippen LogP contribution is 2.35. The van der Waals surface area contributed by atoms with Crippen LogP contribution < -0.4 is 0 Å². The molecule has 3 rings (SSSR count). The molecule has 0 radical (unpaired) electrons. The molecule has 2 aromatic rings. The van der Waals surface area contributed by atoms with Crippen LogP contribution in [0.2, 0.25) is 0 Å². The van der Waals surface area contributed by atoms with Gasteiger partial charge in [0.15, 0.2) is 0 Å². The lowest BCUT2D eigenvalue weighted by atomic mass is 9.77. The SMILES string of the molecule is CCC1(C(=O)O)CCCN(Cc2csc3ccccc23)C1. The lowest BCUT2D eigenvalue weighted by Crippen LogP contribution is -2.47. The Morgan fingerprint density at radius 1 is 1.43 bits per heavy atom. The van der Waals surface area contributed by atoms with Crippen molar-refractivity contribution in [2.45, 2.75) is 32.7 Å². The van der Waals surface area contributed by atoms with Gasteiger partial charge in [0.2, 0.25) is 0 Å². The molecule has 1 aliphatic rings. The van der Waals surface area contributed by atoms with E-state index in [1.54, 1.807) is 11.3 Å². The topological polar surface area (TPSA) is 40.5 Å². The van der Waals surface area contributed by atoms with Gasteiger partial charge in [-0.15, -0.1) is 11.3 Å². The summed E-state index contributed by atoms with van der Waals surface area (Å²) >= 11 is 1.77. The molecule has 1 aliphatic heterocycles. The lowest BCUT2D eigenvalue weighted by molar-refractivity contribution is -0.153. The molecule has 0 bridgehead atoms. The Morgan fingerprint density at radius 3 is 3.00 bits per heavy atom. The molecule has 112 valence electrons. The van der Waals surface area contributed by atoms with Crippen molar-refractivity contribution in [3.8, 4) is 0 Å². The highest BCUT2D eigenvalue weighted by atomic mass is 32.1. The fraction of sp³-hybridized carbons (Fsp3) is 0.471. The second-order valence-corrected chi connectivity index (χ2v) is 6.92. The third-order valence-corrected chi connectivity index (χ3v) is 5.75. The van der Waals surface area contributed by atoms with Gasteiger partial charge in [-0.2, -0.15) is 0 Å². The number of carboxylic acids is 1. The van der Waals surface area contributed by atoms with E-state index < -0.39 is 11.4 Å². The van der Waals surface area contributed by atoms with E-state index in [9.17, 15) is 9.90 Å². The monoisotopic (exact) mass is 303 g/mol. The van der Waals surface area contributed by atoms with Crippen molar-refractivity contribution in [1.82, 2.24) is 4.90 Å². The van der Waals surface area contributed by atoms with Gasteiger partial charge in [-0.25, -0.2) is 0 Å². The second kappa shape index (κ2) is 5.78. The van der Waals surface area contributed by atoms with Crippen LogP contribution in [0.15, 0.2) is 29.6 Å². The molecule has 1 aromatic heterocycles. The summed E-state index contributed by atoms with van der Waals surface area (Å²) < 4.78 is 1.31. The predicted molar refractivity (Wildman–Crippen MR) is 86.7 cm³/mol. The third kappa shape index (κ3) is 2.70. The Bertz CT molecular complexity index is 651. The fourth-order valence-electron chi connectivity index (χ4n) is 3.37. The predicted octanol–water partition coefficient (Wildman–Crippen LogP) is 3.98. The fourth-order valence-corrected chi connectivity index (χ4v) is 4.33. The van der Waals surface area contributed by atoms with Gasteiger partial charge in [-0.3, -0.25) is 9.69 Å². The van der Waals surface area contributed by atoms with E-state index in [1.165, 1.54) is 15.6 Å². The maximum absolute atomic E-state index is 11.6. The molecule has 0 spiro atoms. The summed E-state index contributed by atoms with van der Waals surface area (Å²) in [5, 5.41) is 13.1. The van der Waals surface area contributed by atoms with E-state index in [2.05, 4.69) is 34.5 Å². The van der Waals surface area contributed by atoms with Gasteiger partial charge in [0.05, 0.1) is 5.41 Å². The Hall–Kier alpha value is -1.39. The number of rotatable bonds is 4. The van der Waals surface area contributed by atoms with Crippen LogP contribution in [0.5, 0.6) is 0 Å². The van der Waals surface area contributed by atoms with Gasteiger partial charge >= 0.3 is 5.97 Å². The first-order chi connectivity index (χ1) is 10.1. The van der Waals surface area contributed by atoms with E-state index in [1.807, 2.05) is 6.92 Å². The van der Waals surface area contributed by atoms with Gasteiger partial charge < -0.3 is 5.11 Å². The zero-order chi connectivity index (χ0) is 14.9. The van der Waals surface area contributed by atoms with Crippen molar-refractivity contribution in [1.29, 1.82) is 0 Å². The number of fused-ring (bicyclic) bond motifs is 1. The van der Waals surface area contributed by atoms with E-state index >= 15 is 0 Å². The Kier molecular flexibility index (Phi) is 4.00. The number of nitrogens with zero attached hydrogens (tertiary/aromatic N) is 1. The highest BCUT2D eigenvalue weighted by Gasteiger charge is 2.40. The summed E-state index contributed by atoms with van der Waals surface area (Å²) in [6.45, 7) is 4.53. The molecule has 3 nitrogen and oxygen atoms in total. The smallest absolute Gasteiger partial charge is 0.310 e. The van der Waals surface area contributed by atoms with E-state index in [4.69, 9.17) is 0 Å². The van der Waals surface area contributed by atoms with Crippen molar-refractivity contribution in [3.63, 3.8) is 0 Å². The van der Waals surface area contributed by atoms with Crippen LogP contribution in [-0.2, 0) is 11.3 Å². The summed E-state index contributed by atoms with van der Waals surface area (Å²) in [6.07, 6.45) is 2.49. The maximum Gasteiger partial charge on any atom is 0.310 e. The second-order valence-electron chi connectivity index (χ2n) is 6.01. The summed E-state index contributed by atoms with van der Waals surface area (Å²) in [7, 11) is 0. The lowest BCUT2D eigenvalue weighted by Gasteiger charge is -2.39. The standard InChI is InChI=1S/C17H21NO2S/c1-2-17(16(19)20)8-5-9-18(12-17)10-13-11-21-15-7-4-3-6-14(13)15/h3-4,6-7,11H,2,5,8-10,12H2,1H3,(H,19,20). The number of thiophene rings is 1. The summed E-state index contributed by atoms with van der Waals surface area (Å²) in [5.74, 6) is -0.634. The summed E-state index contributed by atoms with van der Waals surface area (Å²) in [6, 6.07) is 8.45. The molecule has 1 saturated heterocycles. The summed E-state index contributed by atoms with van der Waals surface area (Å²) in [4.78, 5) is 14.0. The van der Waals surface area contributed by atoms with Gasteiger partial charge in [0.25, 0.3) is 0 Å². The van der Waals surface area contributed by atoms with Gasteiger partial charge in [0.1, 0.15) is 0 Å². The van der Waals surface area contributed by atoms with Crippen molar-refractivity contribution in [3.05, 3.63) is 35.2 Å². The molecule has 1 atom stereocenters. The van der Waals surface area contributed by atoms with Crippen LogP contribution in [0.4, 0.5) is 0 Å². The van der Waals surface area contributed by atoms with Crippen LogP contribution in [0, 0.1) is 5.41 Å². The quantitative estimate of drug-likeness (QED) is 0.929. The van der Waals surface area contributed by atoms with Gasteiger partial charge in [0, 0.05) is 17.8 Å². The van der Waals surface area contributed by atoms with E-state index in [-0.39, 0.29) is 0 Å². The Balaban J connectivity index is 1.80. The molecule has 1 unspecified atom stereocenters. The van der Waals surface area contributed by atoms with Crippen molar-refractivity contribution >= 4 is 27.4 Å². The molecule has 1 aromatic carbocycles. The highest BCUT2D eigenvalue weighted by molar-refractivity contribution is 7.17. The summed E-state index contributed by atoms with van der Waals surface area (Å²) in [5.41, 5.74) is 0.775. The van der Waals surface area contributed by atoms with Crippen LogP contribution in [0.1, 0.15) is 31.7 Å². The minimum absolute atomic E-state index is 0.552. The van der Waals surface area contributed by atoms with E-state index in [0.717, 1.165) is 25.9 Å². The maximum atomic E-state index is 11.6. The molecule has 21 heavy (non-hydrogen) atoms. The number of hydrogen-bond donors (Lipinski definition) is 1. The normalized spacial score (nSPS) is 23.5. The average molecular weight is 303 g/mol. The molecule has 0 amide bonds. The molecule has 0 aliphatic carbocycles. The molecule has 2 heterocycles. The number of carbonyl (C=O) groups is 1. The first-order valence-corrected chi connectivity index (χ1v) is 8.43. The number of piperidine rings is 1. The van der Waals surface area contributed by atoms with Crippen LogP contribution >= 0.6 is 11.3 Å². The molecule has 4 heteroatoms.